The van der Waals surface area contributed by atoms with Gasteiger partial charge in [0, 0.05) is 5.02 Å². The van der Waals surface area contributed by atoms with Gasteiger partial charge < -0.3 is 10.2 Å². The van der Waals surface area contributed by atoms with Crippen molar-refractivity contribution in [2.75, 3.05) is 0 Å². The summed E-state index contributed by atoms with van der Waals surface area (Å²) < 4.78 is 0. The van der Waals surface area contributed by atoms with Gasteiger partial charge in [0.15, 0.2) is 0 Å². The summed E-state index contributed by atoms with van der Waals surface area (Å²) >= 11 is 5.93. The van der Waals surface area contributed by atoms with Gasteiger partial charge >= 0.3 is 5.97 Å². The quantitative estimate of drug-likeness (QED) is 0.892. The number of aliphatic carboxylic acids is 1. The second kappa shape index (κ2) is 6.40. The number of benzene rings is 1. The second-order valence-corrected chi connectivity index (χ2v) is 5.73. The number of carboxylic acids is 1. The van der Waals surface area contributed by atoms with Crippen molar-refractivity contribution in [3.05, 3.63) is 34.9 Å². The number of halogens is 1. The third kappa shape index (κ3) is 3.71. The molecule has 3 atom stereocenters. The van der Waals surface area contributed by atoms with Crippen molar-refractivity contribution in [3.8, 4) is 0 Å². The molecule has 0 amide bonds. The van der Waals surface area contributed by atoms with E-state index in [0.717, 1.165) is 24.8 Å². The van der Waals surface area contributed by atoms with Gasteiger partial charge in [-0.3, -0.25) is 4.79 Å². The smallest absolute Gasteiger partial charge is 0.307 e. The van der Waals surface area contributed by atoms with Crippen LogP contribution >= 0.6 is 11.6 Å². The highest BCUT2D eigenvalue weighted by Crippen LogP contribution is 2.33. The summed E-state index contributed by atoms with van der Waals surface area (Å²) in [6, 6.07) is 7.29. The highest BCUT2D eigenvalue weighted by Gasteiger charge is 2.35. The predicted octanol–water partition coefficient (Wildman–Crippen LogP) is 3.13. The van der Waals surface area contributed by atoms with Crippen LogP contribution in [0.1, 0.15) is 31.2 Å². The maximum absolute atomic E-state index is 11.5. The van der Waals surface area contributed by atoms with Crippen LogP contribution in [0, 0.1) is 11.8 Å². The van der Waals surface area contributed by atoms with Gasteiger partial charge in [-0.05, 0) is 42.9 Å². The molecule has 4 heteroatoms. The number of aliphatic hydroxyl groups is 1. The van der Waals surface area contributed by atoms with Crippen LogP contribution in [-0.4, -0.2) is 22.3 Å². The summed E-state index contributed by atoms with van der Waals surface area (Å²) in [5, 5.41) is 20.1. The molecule has 1 aliphatic carbocycles. The SMILES string of the molecule is O=C(O)C(Cc1cccc(Cl)c1)C1CCCCC1O. The zero-order valence-corrected chi connectivity index (χ0v) is 11.5. The average molecular weight is 283 g/mol. The lowest BCUT2D eigenvalue weighted by molar-refractivity contribution is -0.146. The number of rotatable bonds is 4. The lowest BCUT2D eigenvalue weighted by Crippen LogP contribution is -2.36. The lowest BCUT2D eigenvalue weighted by atomic mass is 9.75. The van der Waals surface area contributed by atoms with E-state index in [1.54, 1.807) is 12.1 Å². The Kier molecular flexibility index (Phi) is 4.83. The van der Waals surface area contributed by atoms with Crippen LogP contribution in [-0.2, 0) is 11.2 Å². The van der Waals surface area contributed by atoms with E-state index in [9.17, 15) is 15.0 Å². The molecule has 2 rings (SSSR count). The molecule has 1 fully saturated rings. The third-order valence-corrected chi connectivity index (χ3v) is 4.20. The molecule has 104 valence electrons. The fourth-order valence-electron chi connectivity index (χ4n) is 2.95. The fraction of sp³-hybridized carbons (Fsp3) is 0.533. The first kappa shape index (κ1) is 14.4. The highest BCUT2D eigenvalue weighted by atomic mass is 35.5. The van der Waals surface area contributed by atoms with Crippen molar-refractivity contribution < 1.29 is 15.0 Å². The van der Waals surface area contributed by atoms with Crippen molar-refractivity contribution in [2.45, 2.75) is 38.2 Å². The van der Waals surface area contributed by atoms with Crippen LogP contribution in [0.15, 0.2) is 24.3 Å². The molecule has 3 nitrogen and oxygen atoms in total. The molecular formula is C15H19ClO3. The van der Waals surface area contributed by atoms with Gasteiger partial charge in [0.1, 0.15) is 0 Å². The molecule has 0 aromatic heterocycles. The van der Waals surface area contributed by atoms with Gasteiger partial charge in [0.2, 0.25) is 0 Å². The van der Waals surface area contributed by atoms with Gasteiger partial charge in [-0.25, -0.2) is 0 Å². The molecule has 19 heavy (non-hydrogen) atoms. The van der Waals surface area contributed by atoms with Crippen molar-refractivity contribution in [2.24, 2.45) is 11.8 Å². The van der Waals surface area contributed by atoms with Gasteiger partial charge in [0.25, 0.3) is 0 Å². The van der Waals surface area contributed by atoms with Gasteiger partial charge in [-0.2, -0.15) is 0 Å². The summed E-state index contributed by atoms with van der Waals surface area (Å²) in [6.45, 7) is 0. The molecule has 1 aromatic carbocycles. The minimum Gasteiger partial charge on any atom is -0.481 e. The topological polar surface area (TPSA) is 57.5 Å². The van der Waals surface area contributed by atoms with E-state index >= 15 is 0 Å². The molecule has 2 N–H and O–H groups in total. The Hall–Kier alpha value is -1.06. The van der Waals surface area contributed by atoms with Crippen LogP contribution in [0.3, 0.4) is 0 Å². The first-order chi connectivity index (χ1) is 9.08. The monoisotopic (exact) mass is 282 g/mol. The van der Waals surface area contributed by atoms with Crippen LogP contribution in [0.25, 0.3) is 0 Å². The van der Waals surface area contributed by atoms with E-state index in [0.29, 0.717) is 17.9 Å². The van der Waals surface area contributed by atoms with Crippen LogP contribution in [0.2, 0.25) is 5.02 Å². The van der Waals surface area contributed by atoms with E-state index in [-0.39, 0.29) is 5.92 Å². The zero-order chi connectivity index (χ0) is 13.8. The molecule has 0 spiro atoms. The van der Waals surface area contributed by atoms with Crippen LogP contribution < -0.4 is 0 Å². The first-order valence-corrected chi connectivity index (χ1v) is 7.11. The fourth-order valence-corrected chi connectivity index (χ4v) is 3.16. The second-order valence-electron chi connectivity index (χ2n) is 5.29. The molecule has 0 heterocycles. The summed E-state index contributed by atoms with van der Waals surface area (Å²) in [5.41, 5.74) is 0.915. The molecular weight excluding hydrogens is 264 g/mol. The average Bonchev–Trinajstić information content (AvgIpc) is 2.37. The largest absolute Gasteiger partial charge is 0.481 e. The van der Waals surface area contributed by atoms with Crippen molar-refractivity contribution >= 4 is 17.6 Å². The minimum atomic E-state index is -0.828. The molecule has 0 bridgehead atoms. The summed E-state index contributed by atoms with van der Waals surface area (Å²) in [7, 11) is 0. The molecule has 1 aromatic rings. The summed E-state index contributed by atoms with van der Waals surface area (Å²) in [4.78, 5) is 11.5. The van der Waals surface area contributed by atoms with E-state index in [2.05, 4.69) is 0 Å². The number of carbonyl (C=O) groups is 1. The number of carboxylic acid groups (broad SMARTS) is 1. The Morgan fingerprint density at radius 1 is 1.37 bits per heavy atom. The zero-order valence-electron chi connectivity index (χ0n) is 10.8. The Labute approximate surface area is 118 Å². The van der Waals surface area contributed by atoms with E-state index in [1.165, 1.54) is 0 Å². The summed E-state index contributed by atoms with van der Waals surface area (Å²) in [6.07, 6.45) is 3.43. The molecule has 3 unspecified atom stereocenters. The molecule has 0 saturated heterocycles. The first-order valence-electron chi connectivity index (χ1n) is 6.73. The van der Waals surface area contributed by atoms with Gasteiger partial charge in [0.05, 0.1) is 12.0 Å². The number of hydrogen-bond acceptors (Lipinski definition) is 2. The predicted molar refractivity (Wildman–Crippen MR) is 74.2 cm³/mol. The normalized spacial score (nSPS) is 24.9. The van der Waals surface area contributed by atoms with E-state index < -0.39 is 18.0 Å². The lowest BCUT2D eigenvalue weighted by Gasteiger charge is -2.32. The van der Waals surface area contributed by atoms with E-state index in [1.807, 2.05) is 12.1 Å². The van der Waals surface area contributed by atoms with Gasteiger partial charge in [-0.1, -0.05) is 36.6 Å². The van der Waals surface area contributed by atoms with Crippen molar-refractivity contribution in [3.63, 3.8) is 0 Å². The highest BCUT2D eigenvalue weighted by molar-refractivity contribution is 6.30. The van der Waals surface area contributed by atoms with Crippen molar-refractivity contribution in [1.29, 1.82) is 0 Å². The molecule has 0 radical (unpaired) electrons. The minimum absolute atomic E-state index is 0.148. The third-order valence-electron chi connectivity index (χ3n) is 3.96. The number of aliphatic hydroxyl groups excluding tert-OH is 1. The Bertz CT molecular complexity index is 447. The Balaban J connectivity index is 2.14. The van der Waals surface area contributed by atoms with Crippen molar-refractivity contribution in [1.82, 2.24) is 0 Å². The molecule has 0 aliphatic heterocycles. The molecule has 1 saturated carbocycles. The van der Waals surface area contributed by atoms with Gasteiger partial charge in [-0.15, -0.1) is 0 Å². The number of hydrogen-bond donors (Lipinski definition) is 2. The maximum Gasteiger partial charge on any atom is 0.307 e. The molecule has 1 aliphatic rings. The van der Waals surface area contributed by atoms with Crippen LogP contribution in [0.4, 0.5) is 0 Å². The van der Waals surface area contributed by atoms with Crippen LogP contribution in [0.5, 0.6) is 0 Å². The Morgan fingerprint density at radius 2 is 2.11 bits per heavy atom. The summed E-state index contributed by atoms with van der Waals surface area (Å²) in [5.74, 6) is -1.51. The Morgan fingerprint density at radius 3 is 2.74 bits per heavy atom. The maximum atomic E-state index is 11.5. The standard InChI is InChI=1S/C15H19ClO3/c16-11-5-3-4-10(8-11)9-13(15(18)19)12-6-1-2-7-14(12)17/h3-5,8,12-14,17H,1-2,6-7,9H2,(H,18,19). The van der Waals surface area contributed by atoms with E-state index in [4.69, 9.17) is 11.6 Å².